The largest absolute Gasteiger partial charge is 0.378 e. The van der Waals surface area contributed by atoms with Crippen molar-refractivity contribution < 1.29 is 4.74 Å². The van der Waals surface area contributed by atoms with Crippen molar-refractivity contribution in [1.29, 1.82) is 0 Å². The molecule has 0 aromatic rings. The second-order valence-corrected chi connectivity index (χ2v) is 5.01. The lowest BCUT2D eigenvalue weighted by atomic mass is 9.91. The van der Waals surface area contributed by atoms with E-state index in [1.54, 1.807) is 0 Å². The molecule has 0 radical (unpaired) electrons. The zero-order valence-electron chi connectivity index (χ0n) is 10.9. The van der Waals surface area contributed by atoms with Crippen LogP contribution in [0.5, 0.6) is 0 Å². The second kappa shape index (κ2) is 8.81. The fourth-order valence-corrected chi connectivity index (χ4v) is 2.56. The molecule has 0 amide bonds. The van der Waals surface area contributed by atoms with E-state index in [2.05, 4.69) is 19.6 Å². The van der Waals surface area contributed by atoms with Crippen LogP contribution >= 0.6 is 0 Å². The van der Waals surface area contributed by atoms with Crippen LogP contribution in [0.3, 0.4) is 0 Å². The van der Waals surface area contributed by atoms with E-state index in [-0.39, 0.29) is 0 Å². The molecule has 0 saturated carbocycles. The predicted octanol–water partition coefficient (Wildman–Crippen LogP) is 4.72. The fraction of sp³-hybridized carbons (Fsp3) is 0.867. The highest BCUT2D eigenvalue weighted by Crippen LogP contribution is 2.25. The van der Waals surface area contributed by atoms with Crippen LogP contribution < -0.4 is 0 Å². The third-order valence-corrected chi connectivity index (χ3v) is 3.64. The Morgan fingerprint density at radius 3 is 2.69 bits per heavy atom. The van der Waals surface area contributed by atoms with Crippen molar-refractivity contribution in [1.82, 2.24) is 0 Å². The van der Waals surface area contributed by atoms with Gasteiger partial charge in [-0.2, -0.15) is 0 Å². The maximum Gasteiger partial charge on any atom is 0.0637 e. The Bertz CT molecular complexity index is 176. The van der Waals surface area contributed by atoms with Gasteiger partial charge in [0.25, 0.3) is 0 Å². The van der Waals surface area contributed by atoms with Gasteiger partial charge in [-0.25, -0.2) is 0 Å². The van der Waals surface area contributed by atoms with Gasteiger partial charge in [0, 0.05) is 12.5 Å². The highest BCUT2D eigenvalue weighted by atomic mass is 16.5. The molecule has 1 fully saturated rings. The van der Waals surface area contributed by atoms with Gasteiger partial charge in [-0.3, -0.25) is 0 Å². The van der Waals surface area contributed by atoms with Crippen molar-refractivity contribution in [2.24, 2.45) is 5.92 Å². The van der Waals surface area contributed by atoms with Crippen LogP contribution in [0.1, 0.15) is 64.7 Å². The lowest BCUT2D eigenvalue weighted by molar-refractivity contribution is -0.0166. The molecule has 0 aromatic heterocycles. The van der Waals surface area contributed by atoms with Crippen LogP contribution in [0, 0.1) is 5.92 Å². The minimum atomic E-state index is 0.470. The lowest BCUT2D eigenvalue weighted by Gasteiger charge is -2.29. The summed E-state index contributed by atoms with van der Waals surface area (Å²) in [6, 6.07) is 0. The first kappa shape index (κ1) is 13.8. The van der Waals surface area contributed by atoms with Gasteiger partial charge in [0.2, 0.25) is 0 Å². The average Bonchev–Trinajstić information content (AvgIpc) is 2.34. The summed E-state index contributed by atoms with van der Waals surface area (Å²) in [5, 5.41) is 0. The van der Waals surface area contributed by atoms with Crippen LogP contribution in [0.2, 0.25) is 0 Å². The van der Waals surface area contributed by atoms with Crippen molar-refractivity contribution in [3.8, 4) is 0 Å². The molecule has 16 heavy (non-hydrogen) atoms. The summed E-state index contributed by atoms with van der Waals surface area (Å²) in [6.45, 7) is 7.15. The molecule has 1 heterocycles. The number of unbranched alkanes of at least 4 members (excludes halogenated alkanes) is 5. The first-order valence-electron chi connectivity index (χ1n) is 7.12. The van der Waals surface area contributed by atoms with Gasteiger partial charge < -0.3 is 4.74 Å². The summed E-state index contributed by atoms with van der Waals surface area (Å²) in [5.74, 6) is 0.615. The average molecular weight is 224 g/mol. The van der Waals surface area contributed by atoms with E-state index in [1.165, 1.54) is 57.8 Å². The van der Waals surface area contributed by atoms with Crippen molar-refractivity contribution in [2.45, 2.75) is 70.8 Å². The highest BCUT2D eigenvalue weighted by Gasteiger charge is 2.22. The maximum absolute atomic E-state index is 5.84. The molecule has 0 spiro atoms. The SMILES string of the molecule is C=C[C@@H]1CCCO[C@H]1CCCCCCCC. The monoisotopic (exact) mass is 224 g/mol. The zero-order chi connectivity index (χ0) is 11.6. The minimum absolute atomic E-state index is 0.470. The second-order valence-electron chi connectivity index (χ2n) is 5.01. The molecule has 1 aliphatic heterocycles. The first-order valence-corrected chi connectivity index (χ1v) is 7.12. The quantitative estimate of drug-likeness (QED) is 0.428. The van der Waals surface area contributed by atoms with Gasteiger partial charge in [-0.1, -0.05) is 51.5 Å². The summed E-state index contributed by atoms with van der Waals surface area (Å²) in [6.07, 6.45) is 14.6. The first-order chi connectivity index (χ1) is 7.88. The van der Waals surface area contributed by atoms with Gasteiger partial charge in [0.05, 0.1) is 6.10 Å². The van der Waals surface area contributed by atoms with Crippen LogP contribution in [0.25, 0.3) is 0 Å². The van der Waals surface area contributed by atoms with E-state index in [4.69, 9.17) is 4.74 Å². The molecule has 0 N–H and O–H groups in total. The number of hydrogen-bond acceptors (Lipinski definition) is 1. The Kier molecular flexibility index (Phi) is 7.58. The third-order valence-electron chi connectivity index (χ3n) is 3.64. The molecule has 0 aromatic carbocycles. The van der Waals surface area contributed by atoms with Gasteiger partial charge in [-0.15, -0.1) is 6.58 Å². The van der Waals surface area contributed by atoms with Crippen LogP contribution in [-0.4, -0.2) is 12.7 Å². The molecule has 1 nitrogen and oxygen atoms in total. The van der Waals surface area contributed by atoms with E-state index in [0.29, 0.717) is 12.0 Å². The van der Waals surface area contributed by atoms with Crippen molar-refractivity contribution in [2.75, 3.05) is 6.61 Å². The van der Waals surface area contributed by atoms with Gasteiger partial charge in [-0.05, 0) is 19.3 Å². The smallest absolute Gasteiger partial charge is 0.0637 e. The molecule has 1 aliphatic rings. The molecule has 0 bridgehead atoms. The molecular weight excluding hydrogens is 196 g/mol. The van der Waals surface area contributed by atoms with Crippen molar-refractivity contribution in [3.05, 3.63) is 12.7 Å². The normalized spacial score (nSPS) is 25.6. The Hall–Kier alpha value is -0.300. The van der Waals surface area contributed by atoms with Crippen LogP contribution in [0.15, 0.2) is 12.7 Å². The summed E-state index contributed by atoms with van der Waals surface area (Å²) < 4.78 is 5.84. The van der Waals surface area contributed by atoms with Gasteiger partial charge >= 0.3 is 0 Å². The van der Waals surface area contributed by atoms with E-state index in [1.807, 2.05) is 0 Å². The summed E-state index contributed by atoms with van der Waals surface area (Å²) in [5.41, 5.74) is 0. The molecule has 94 valence electrons. The van der Waals surface area contributed by atoms with Crippen LogP contribution in [0.4, 0.5) is 0 Å². The van der Waals surface area contributed by atoms with E-state index < -0.39 is 0 Å². The Labute approximate surface area is 101 Å². The summed E-state index contributed by atoms with van der Waals surface area (Å²) >= 11 is 0. The van der Waals surface area contributed by atoms with E-state index >= 15 is 0 Å². The fourth-order valence-electron chi connectivity index (χ4n) is 2.56. The van der Waals surface area contributed by atoms with Crippen LogP contribution in [-0.2, 0) is 4.74 Å². The lowest BCUT2D eigenvalue weighted by Crippen LogP contribution is -2.28. The molecule has 1 rings (SSSR count). The molecule has 1 heteroatoms. The summed E-state index contributed by atoms with van der Waals surface area (Å²) in [7, 11) is 0. The topological polar surface area (TPSA) is 9.23 Å². The zero-order valence-corrected chi connectivity index (χ0v) is 10.9. The summed E-state index contributed by atoms with van der Waals surface area (Å²) in [4.78, 5) is 0. The minimum Gasteiger partial charge on any atom is -0.378 e. The van der Waals surface area contributed by atoms with Crippen molar-refractivity contribution in [3.63, 3.8) is 0 Å². The number of ether oxygens (including phenoxy) is 1. The Balaban J connectivity index is 2.04. The molecule has 0 aliphatic carbocycles. The Morgan fingerprint density at radius 2 is 1.94 bits per heavy atom. The van der Waals surface area contributed by atoms with E-state index in [9.17, 15) is 0 Å². The maximum atomic E-state index is 5.84. The molecule has 2 atom stereocenters. The van der Waals surface area contributed by atoms with Gasteiger partial charge in [0.1, 0.15) is 0 Å². The number of rotatable bonds is 8. The van der Waals surface area contributed by atoms with Crippen molar-refractivity contribution >= 4 is 0 Å². The highest BCUT2D eigenvalue weighted by molar-refractivity contribution is 4.87. The Morgan fingerprint density at radius 1 is 1.19 bits per heavy atom. The van der Waals surface area contributed by atoms with Gasteiger partial charge in [0.15, 0.2) is 0 Å². The standard InChI is InChI=1S/C15H28O/c1-3-5-6-7-8-9-12-15-14(4-2)11-10-13-16-15/h4,14-15H,2-3,5-13H2,1H3/t14-,15+/m1/s1. The predicted molar refractivity (Wildman–Crippen MR) is 70.7 cm³/mol. The molecule has 1 saturated heterocycles. The molecular formula is C15H28O. The number of hydrogen-bond donors (Lipinski definition) is 0. The molecule has 0 unspecified atom stereocenters. The third kappa shape index (κ3) is 5.16. The van der Waals surface area contributed by atoms with E-state index in [0.717, 1.165) is 6.61 Å².